The van der Waals surface area contributed by atoms with Crippen molar-refractivity contribution < 1.29 is 9.53 Å². The molecule has 2 heterocycles. The van der Waals surface area contributed by atoms with Crippen molar-refractivity contribution in [2.75, 3.05) is 19.7 Å². The number of carbonyl (C=O) groups excluding carboxylic acids is 1. The molecule has 2 saturated heterocycles. The molecule has 0 unspecified atom stereocenters. The normalized spacial score (nSPS) is 26.1. The molecular formula is C18H25NO2. The number of piperidine rings is 2. The molecule has 3 rings (SSSR count). The number of hydrogen-bond donors (Lipinski definition) is 0. The number of esters is 1. The van der Waals surface area contributed by atoms with E-state index in [-0.39, 0.29) is 5.97 Å². The molecule has 21 heavy (non-hydrogen) atoms. The van der Waals surface area contributed by atoms with Gasteiger partial charge in [0.2, 0.25) is 0 Å². The maximum atomic E-state index is 12.1. The fourth-order valence-electron chi connectivity index (χ4n) is 3.73. The first-order chi connectivity index (χ1) is 10.2. The van der Waals surface area contributed by atoms with Crippen LogP contribution in [0.5, 0.6) is 0 Å². The average Bonchev–Trinajstić information content (AvgIpc) is 2.53. The number of fused-ring (bicyclic) bond motifs is 1. The molecule has 2 fully saturated rings. The van der Waals surface area contributed by atoms with Gasteiger partial charge in [0, 0.05) is 12.0 Å². The lowest BCUT2D eigenvalue weighted by Gasteiger charge is -2.44. The van der Waals surface area contributed by atoms with Crippen LogP contribution in [0.25, 0.3) is 0 Å². The highest BCUT2D eigenvalue weighted by molar-refractivity contribution is 5.89. The minimum absolute atomic E-state index is 0.178. The predicted octanol–water partition coefficient (Wildman–Crippen LogP) is 3.42. The molecule has 2 aliphatic rings. The Morgan fingerprint density at radius 2 is 1.90 bits per heavy atom. The first-order valence-corrected chi connectivity index (χ1v) is 8.22. The second-order valence-corrected chi connectivity index (χ2v) is 6.47. The summed E-state index contributed by atoms with van der Waals surface area (Å²) in [5, 5.41) is 0. The Balaban J connectivity index is 1.56. The third-order valence-corrected chi connectivity index (χ3v) is 4.94. The minimum atomic E-state index is -0.178. The van der Waals surface area contributed by atoms with Gasteiger partial charge in [-0.1, -0.05) is 24.1 Å². The zero-order valence-corrected chi connectivity index (χ0v) is 12.9. The van der Waals surface area contributed by atoms with E-state index in [1.165, 1.54) is 45.2 Å². The number of nitrogens with zero attached hydrogens (tertiary/aromatic N) is 1. The summed E-state index contributed by atoms with van der Waals surface area (Å²) < 4.78 is 5.59. The van der Waals surface area contributed by atoms with Crippen LogP contribution in [0.2, 0.25) is 0 Å². The van der Waals surface area contributed by atoms with E-state index in [1.807, 2.05) is 31.2 Å². The third-order valence-electron chi connectivity index (χ3n) is 4.94. The van der Waals surface area contributed by atoms with Crippen molar-refractivity contribution >= 4 is 5.97 Å². The molecule has 3 nitrogen and oxygen atoms in total. The summed E-state index contributed by atoms with van der Waals surface area (Å²) in [6.07, 6.45) is 6.36. The Morgan fingerprint density at radius 1 is 1.14 bits per heavy atom. The molecule has 0 bridgehead atoms. The van der Waals surface area contributed by atoms with E-state index in [0.717, 1.165) is 5.56 Å². The van der Waals surface area contributed by atoms with Crippen molar-refractivity contribution in [2.24, 2.45) is 5.92 Å². The number of ether oxygens (including phenoxy) is 1. The van der Waals surface area contributed by atoms with E-state index in [0.29, 0.717) is 24.1 Å². The van der Waals surface area contributed by atoms with E-state index in [4.69, 9.17) is 4.74 Å². The molecule has 0 saturated carbocycles. The zero-order chi connectivity index (χ0) is 14.7. The van der Waals surface area contributed by atoms with Gasteiger partial charge in [-0.3, -0.25) is 4.90 Å². The lowest BCUT2D eigenvalue weighted by atomic mass is 9.84. The summed E-state index contributed by atoms with van der Waals surface area (Å²) in [4.78, 5) is 14.7. The van der Waals surface area contributed by atoms with Gasteiger partial charge in [0.15, 0.2) is 0 Å². The van der Waals surface area contributed by atoms with Gasteiger partial charge < -0.3 is 4.74 Å². The standard InChI is InChI=1S/C18H25NO2/c1-14-7-9-15(10-8-14)18(20)21-13-16-5-4-12-19-11-3-2-6-17(16)19/h7-10,16-17H,2-6,11-13H2,1H3/t16-,17+/m0/s1. The second kappa shape index (κ2) is 6.61. The van der Waals surface area contributed by atoms with E-state index in [2.05, 4.69) is 4.90 Å². The largest absolute Gasteiger partial charge is 0.462 e. The van der Waals surface area contributed by atoms with Crippen LogP contribution < -0.4 is 0 Å². The average molecular weight is 287 g/mol. The third kappa shape index (κ3) is 3.46. The van der Waals surface area contributed by atoms with Crippen molar-refractivity contribution in [1.82, 2.24) is 4.90 Å². The Bertz CT molecular complexity index is 480. The van der Waals surface area contributed by atoms with Gasteiger partial charge in [-0.15, -0.1) is 0 Å². The monoisotopic (exact) mass is 287 g/mol. The van der Waals surface area contributed by atoms with Crippen LogP contribution in [-0.2, 0) is 4.74 Å². The summed E-state index contributed by atoms with van der Waals surface area (Å²) in [6, 6.07) is 8.26. The van der Waals surface area contributed by atoms with Gasteiger partial charge in [0.05, 0.1) is 12.2 Å². The maximum absolute atomic E-state index is 12.1. The topological polar surface area (TPSA) is 29.5 Å². The lowest BCUT2D eigenvalue weighted by molar-refractivity contribution is 0.00739. The fraction of sp³-hybridized carbons (Fsp3) is 0.611. The highest BCUT2D eigenvalue weighted by Gasteiger charge is 2.33. The molecule has 1 aromatic carbocycles. The van der Waals surface area contributed by atoms with E-state index in [1.54, 1.807) is 0 Å². The maximum Gasteiger partial charge on any atom is 0.338 e. The van der Waals surface area contributed by atoms with Crippen molar-refractivity contribution in [1.29, 1.82) is 0 Å². The molecule has 0 radical (unpaired) electrons. The highest BCUT2D eigenvalue weighted by atomic mass is 16.5. The van der Waals surface area contributed by atoms with Crippen LogP contribution in [0, 0.1) is 12.8 Å². The molecule has 2 aliphatic heterocycles. The molecule has 2 atom stereocenters. The molecular weight excluding hydrogens is 262 g/mol. The Labute approximate surface area is 127 Å². The van der Waals surface area contributed by atoms with Gasteiger partial charge >= 0.3 is 5.97 Å². The molecule has 114 valence electrons. The van der Waals surface area contributed by atoms with Crippen LogP contribution in [0.3, 0.4) is 0 Å². The van der Waals surface area contributed by atoms with Crippen LogP contribution in [-0.4, -0.2) is 36.6 Å². The van der Waals surface area contributed by atoms with E-state index < -0.39 is 0 Å². The summed E-state index contributed by atoms with van der Waals surface area (Å²) in [6.45, 7) is 5.06. The number of aryl methyl sites for hydroxylation is 1. The molecule has 3 heteroatoms. The number of carbonyl (C=O) groups is 1. The van der Waals surface area contributed by atoms with Gasteiger partial charge in [-0.25, -0.2) is 4.79 Å². The quantitative estimate of drug-likeness (QED) is 0.798. The number of rotatable bonds is 3. The van der Waals surface area contributed by atoms with Crippen LogP contribution >= 0.6 is 0 Å². The molecule has 0 amide bonds. The van der Waals surface area contributed by atoms with Gasteiger partial charge in [0.1, 0.15) is 0 Å². The van der Waals surface area contributed by atoms with Crippen LogP contribution in [0.4, 0.5) is 0 Å². The van der Waals surface area contributed by atoms with Gasteiger partial charge in [-0.05, 0) is 57.8 Å². The zero-order valence-electron chi connectivity index (χ0n) is 12.9. The number of benzene rings is 1. The van der Waals surface area contributed by atoms with Crippen molar-refractivity contribution in [3.8, 4) is 0 Å². The first-order valence-electron chi connectivity index (χ1n) is 8.22. The SMILES string of the molecule is Cc1ccc(C(=O)OC[C@@H]2CCCN3CCCC[C@H]23)cc1. The fourth-order valence-corrected chi connectivity index (χ4v) is 3.73. The Kier molecular flexibility index (Phi) is 4.59. The van der Waals surface area contributed by atoms with E-state index >= 15 is 0 Å². The predicted molar refractivity (Wildman–Crippen MR) is 83.4 cm³/mol. The molecule has 0 spiro atoms. The minimum Gasteiger partial charge on any atom is -0.462 e. The van der Waals surface area contributed by atoms with Crippen molar-refractivity contribution in [3.63, 3.8) is 0 Å². The molecule has 1 aromatic rings. The summed E-state index contributed by atoms with van der Waals surface area (Å²) in [5.74, 6) is 0.344. The van der Waals surface area contributed by atoms with Gasteiger partial charge in [-0.2, -0.15) is 0 Å². The summed E-state index contributed by atoms with van der Waals surface area (Å²) in [5.41, 5.74) is 1.83. The van der Waals surface area contributed by atoms with Crippen molar-refractivity contribution in [3.05, 3.63) is 35.4 Å². The van der Waals surface area contributed by atoms with E-state index in [9.17, 15) is 4.79 Å². The number of hydrogen-bond acceptors (Lipinski definition) is 3. The van der Waals surface area contributed by atoms with Gasteiger partial charge in [0.25, 0.3) is 0 Å². The summed E-state index contributed by atoms with van der Waals surface area (Å²) >= 11 is 0. The molecule has 0 aliphatic carbocycles. The Hall–Kier alpha value is -1.35. The lowest BCUT2D eigenvalue weighted by Crippen LogP contribution is -2.49. The van der Waals surface area contributed by atoms with Crippen molar-refractivity contribution in [2.45, 2.75) is 45.1 Å². The second-order valence-electron chi connectivity index (χ2n) is 6.47. The molecule has 0 N–H and O–H groups in total. The molecule has 0 aromatic heterocycles. The Morgan fingerprint density at radius 3 is 2.71 bits per heavy atom. The smallest absolute Gasteiger partial charge is 0.338 e. The van der Waals surface area contributed by atoms with Crippen LogP contribution in [0.15, 0.2) is 24.3 Å². The highest BCUT2D eigenvalue weighted by Crippen LogP contribution is 2.31. The van der Waals surface area contributed by atoms with Crippen LogP contribution in [0.1, 0.15) is 48.0 Å². The summed E-state index contributed by atoms with van der Waals surface area (Å²) in [7, 11) is 0. The first kappa shape index (κ1) is 14.6.